The van der Waals surface area contributed by atoms with Crippen LogP contribution in [0, 0.1) is 0 Å². The lowest BCUT2D eigenvalue weighted by Crippen LogP contribution is -2.07. The zero-order chi connectivity index (χ0) is 12.8. The van der Waals surface area contributed by atoms with Crippen LogP contribution >= 0.6 is 11.8 Å². The van der Waals surface area contributed by atoms with E-state index in [1.807, 2.05) is 30.8 Å². The lowest BCUT2D eigenvalue weighted by Gasteiger charge is -2.09. The molecular formula is C15H19NOS. The summed E-state index contributed by atoms with van der Waals surface area (Å²) < 4.78 is 0. The number of allylic oxidation sites excluding steroid dienone is 1. The summed E-state index contributed by atoms with van der Waals surface area (Å²) in [5, 5.41) is 3.61. The molecule has 0 radical (unpaired) electrons. The van der Waals surface area contributed by atoms with Crippen LogP contribution in [0.2, 0.25) is 0 Å². The summed E-state index contributed by atoms with van der Waals surface area (Å²) in [6, 6.07) is 8.12. The van der Waals surface area contributed by atoms with E-state index in [1.54, 1.807) is 6.08 Å². The molecule has 1 N–H and O–H groups in total. The molecule has 0 unspecified atom stereocenters. The van der Waals surface area contributed by atoms with E-state index in [2.05, 4.69) is 17.4 Å². The molecule has 1 aromatic carbocycles. The first-order chi connectivity index (χ1) is 8.78. The maximum absolute atomic E-state index is 11.4. The molecule has 2 nitrogen and oxygen atoms in total. The van der Waals surface area contributed by atoms with E-state index >= 15 is 0 Å². The highest BCUT2D eigenvalue weighted by Gasteiger charge is 2.15. The Balaban J connectivity index is 1.90. The van der Waals surface area contributed by atoms with Crippen molar-refractivity contribution in [1.29, 1.82) is 0 Å². The Hall–Kier alpha value is -1.22. The van der Waals surface area contributed by atoms with Crippen LogP contribution in [-0.2, 0) is 4.79 Å². The predicted octanol–water partition coefficient (Wildman–Crippen LogP) is 4.24. The number of benzene rings is 1. The molecular weight excluding hydrogens is 242 g/mol. The molecule has 0 spiro atoms. The average Bonchev–Trinajstić information content (AvgIpc) is 2.85. The molecule has 1 aromatic rings. The topological polar surface area (TPSA) is 29.1 Å². The second-order valence-electron chi connectivity index (χ2n) is 4.54. The zero-order valence-corrected chi connectivity index (χ0v) is 11.5. The van der Waals surface area contributed by atoms with Gasteiger partial charge < -0.3 is 5.32 Å². The van der Waals surface area contributed by atoms with Gasteiger partial charge in [0.1, 0.15) is 0 Å². The van der Waals surface area contributed by atoms with Crippen LogP contribution in [0.15, 0.2) is 41.3 Å². The van der Waals surface area contributed by atoms with Gasteiger partial charge in [0.05, 0.1) is 0 Å². The number of hydrogen-bond acceptors (Lipinski definition) is 2. The van der Waals surface area contributed by atoms with Gasteiger partial charge >= 0.3 is 0 Å². The van der Waals surface area contributed by atoms with Gasteiger partial charge in [0.2, 0.25) is 5.91 Å². The number of amides is 1. The van der Waals surface area contributed by atoms with Crippen molar-refractivity contribution >= 4 is 23.4 Å². The maximum atomic E-state index is 11.4. The number of anilines is 1. The molecule has 1 fully saturated rings. The molecule has 0 aliphatic heterocycles. The summed E-state index contributed by atoms with van der Waals surface area (Å²) in [6.07, 6.45) is 8.68. The maximum Gasteiger partial charge on any atom is 0.248 e. The van der Waals surface area contributed by atoms with E-state index in [9.17, 15) is 4.79 Å². The predicted molar refractivity (Wildman–Crippen MR) is 78.0 cm³/mol. The largest absolute Gasteiger partial charge is 0.323 e. The van der Waals surface area contributed by atoms with Crippen molar-refractivity contribution in [2.75, 3.05) is 5.32 Å². The van der Waals surface area contributed by atoms with E-state index in [-0.39, 0.29) is 5.91 Å². The summed E-state index contributed by atoms with van der Waals surface area (Å²) in [4.78, 5) is 12.7. The minimum absolute atomic E-state index is 0.0753. The van der Waals surface area contributed by atoms with Gasteiger partial charge in [0, 0.05) is 15.8 Å². The van der Waals surface area contributed by atoms with E-state index in [0.717, 1.165) is 10.9 Å². The Bertz CT molecular complexity index is 419. The number of nitrogens with one attached hydrogen (secondary N) is 1. The van der Waals surface area contributed by atoms with E-state index in [1.165, 1.54) is 36.7 Å². The van der Waals surface area contributed by atoms with Crippen LogP contribution in [-0.4, -0.2) is 11.2 Å². The molecule has 0 bridgehead atoms. The van der Waals surface area contributed by atoms with Crippen LogP contribution < -0.4 is 5.32 Å². The van der Waals surface area contributed by atoms with Crippen LogP contribution in [0.3, 0.4) is 0 Å². The minimum Gasteiger partial charge on any atom is -0.323 e. The van der Waals surface area contributed by atoms with E-state index < -0.39 is 0 Å². The van der Waals surface area contributed by atoms with Gasteiger partial charge in [-0.2, -0.15) is 0 Å². The Morgan fingerprint density at radius 3 is 2.56 bits per heavy atom. The smallest absolute Gasteiger partial charge is 0.248 e. The van der Waals surface area contributed by atoms with Crippen molar-refractivity contribution in [3.63, 3.8) is 0 Å². The molecule has 1 saturated carbocycles. The lowest BCUT2D eigenvalue weighted by atomic mass is 10.3. The van der Waals surface area contributed by atoms with E-state index in [0.29, 0.717) is 0 Å². The van der Waals surface area contributed by atoms with Crippen molar-refractivity contribution in [3.05, 3.63) is 36.4 Å². The summed E-state index contributed by atoms with van der Waals surface area (Å²) in [5.41, 5.74) is 0.855. The highest BCUT2D eigenvalue weighted by atomic mass is 32.2. The third-order valence-electron chi connectivity index (χ3n) is 3.04. The fraction of sp³-hybridized carbons (Fsp3) is 0.400. The van der Waals surface area contributed by atoms with Crippen molar-refractivity contribution in [3.8, 4) is 0 Å². The van der Waals surface area contributed by atoms with Crippen molar-refractivity contribution in [2.24, 2.45) is 0 Å². The van der Waals surface area contributed by atoms with Gasteiger partial charge in [-0.1, -0.05) is 18.9 Å². The Morgan fingerprint density at radius 1 is 1.28 bits per heavy atom. The molecule has 2 rings (SSSR count). The SMILES string of the molecule is CC=CC(=O)Nc1ccc(SC2CCCC2)cc1. The molecule has 0 atom stereocenters. The van der Waals surface area contributed by atoms with Crippen LogP contribution in [0.25, 0.3) is 0 Å². The molecule has 96 valence electrons. The van der Waals surface area contributed by atoms with Crippen molar-refractivity contribution < 1.29 is 4.79 Å². The lowest BCUT2D eigenvalue weighted by molar-refractivity contribution is -0.111. The number of carbonyl (C=O) groups excluding carboxylic acids is 1. The number of hydrogen-bond donors (Lipinski definition) is 1. The quantitative estimate of drug-likeness (QED) is 0.821. The Labute approximate surface area is 113 Å². The summed E-state index contributed by atoms with van der Waals surface area (Å²) in [7, 11) is 0. The Kier molecular flexibility index (Phi) is 4.88. The van der Waals surface area contributed by atoms with Gasteiger partial charge in [-0.25, -0.2) is 0 Å². The summed E-state index contributed by atoms with van der Waals surface area (Å²) in [5.74, 6) is -0.0753. The molecule has 0 saturated heterocycles. The minimum atomic E-state index is -0.0753. The normalized spacial score (nSPS) is 16.3. The second kappa shape index (κ2) is 6.64. The third kappa shape index (κ3) is 3.91. The highest BCUT2D eigenvalue weighted by Crippen LogP contribution is 2.34. The monoisotopic (exact) mass is 261 g/mol. The van der Waals surface area contributed by atoms with Gasteiger partial charge in [-0.05, 0) is 50.1 Å². The molecule has 3 heteroatoms. The second-order valence-corrected chi connectivity index (χ2v) is 5.91. The molecule has 0 heterocycles. The van der Waals surface area contributed by atoms with Gasteiger partial charge in [-0.15, -0.1) is 11.8 Å². The third-order valence-corrected chi connectivity index (χ3v) is 4.39. The zero-order valence-electron chi connectivity index (χ0n) is 10.7. The number of rotatable bonds is 4. The van der Waals surface area contributed by atoms with Gasteiger partial charge in [-0.3, -0.25) is 4.79 Å². The van der Waals surface area contributed by atoms with Gasteiger partial charge in [0.15, 0.2) is 0 Å². The van der Waals surface area contributed by atoms with Gasteiger partial charge in [0.25, 0.3) is 0 Å². The molecule has 0 aromatic heterocycles. The van der Waals surface area contributed by atoms with Crippen LogP contribution in [0.4, 0.5) is 5.69 Å². The first-order valence-corrected chi connectivity index (χ1v) is 7.36. The van der Waals surface area contributed by atoms with Crippen LogP contribution in [0.1, 0.15) is 32.6 Å². The number of thioether (sulfide) groups is 1. The fourth-order valence-electron chi connectivity index (χ4n) is 2.15. The Morgan fingerprint density at radius 2 is 1.94 bits per heavy atom. The fourth-order valence-corrected chi connectivity index (χ4v) is 3.40. The molecule has 1 aliphatic rings. The standard InChI is InChI=1S/C15H19NOS/c1-2-5-15(17)16-12-8-10-14(11-9-12)18-13-6-3-4-7-13/h2,5,8-11,13H,3-4,6-7H2,1H3,(H,16,17). The van der Waals surface area contributed by atoms with Crippen molar-refractivity contribution in [2.45, 2.75) is 42.8 Å². The summed E-state index contributed by atoms with van der Waals surface area (Å²) in [6.45, 7) is 1.83. The first-order valence-electron chi connectivity index (χ1n) is 6.48. The molecule has 18 heavy (non-hydrogen) atoms. The summed E-state index contributed by atoms with van der Waals surface area (Å²) >= 11 is 1.96. The van der Waals surface area contributed by atoms with Crippen molar-refractivity contribution in [1.82, 2.24) is 0 Å². The highest BCUT2D eigenvalue weighted by molar-refractivity contribution is 8.00. The first kappa shape index (κ1) is 13.2. The molecule has 1 aliphatic carbocycles. The van der Waals surface area contributed by atoms with Crippen LogP contribution in [0.5, 0.6) is 0 Å². The average molecular weight is 261 g/mol. The number of carbonyl (C=O) groups is 1. The van der Waals surface area contributed by atoms with E-state index in [4.69, 9.17) is 0 Å². The molecule has 1 amide bonds.